The summed E-state index contributed by atoms with van der Waals surface area (Å²) in [6.07, 6.45) is 3.23. The number of nitrogen functional groups attached to an aromatic ring is 1. The number of nitrogens with zero attached hydrogens (tertiary/aromatic N) is 1. The molecule has 0 bridgehead atoms. The van der Waals surface area contributed by atoms with Gasteiger partial charge in [0.05, 0.1) is 0 Å². The fourth-order valence-corrected chi connectivity index (χ4v) is 2.94. The maximum absolute atomic E-state index is 11.8. The molecule has 0 aliphatic carbocycles. The topological polar surface area (TPSA) is 85.1 Å². The molecule has 0 aliphatic heterocycles. The van der Waals surface area contributed by atoms with Gasteiger partial charge in [0.2, 0.25) is 10.0 Å². The van der Waals surface area contributed by atoms with Crippen LogP contribution >= 0.6 is 11.8 Å². The van der Waals surface area contributed by atoms with Crippen LogP contribution < -0.4 is 10.5 Å². The molecule has 0 radical (unpaired) electrons. The minimum atomic E-state index is -3.55. The quantitative estimate of drug-likeness (QED) is 0.568. The molecule has 0 saturated carbocycles. The molecule has 7 heteroatoms. The van der Waals surface area contributed by atoms with Crippen LogP contribution in [0.3, 0.4) is 0 Å². The lowest BCUT2D eigenvalue weighted by molar-refractivity contribution is 0.584. The van der Waals surface area contributed by atoms with E-state index in [-0.39, 0.29) is 10.7 Å². The number of pyridine rings is 1. The van der Waals surface area contributed by atoms with Crippen LogP contribution in [0.1, 0.15) is 0 Å². The summed E-state index contributed by atoms with van der Waals surface area (Å²) in [6.45, 7) is 3.94. The summed E-state index contributed by atoms with van der Waals surface area (Å²) in [5.41, 5.74) is 5.51. The number of hydrogen-bond acceptors (Lipinski definition) is 5. The number of hydrogen-bond donors (Lipinski definition) is 2. The Morgan fingerprint density at radius 2 is 2.35 bits per heavy atom. The molecule has 1 aromatic rings. The molecule has 0 atom stereocenters. The maximum atomic E-state index is 11.8. The van der Waals surface area contributed by atoms with Gasteiger partial charge in [-0.15, -0.1) is 6.58 Å². The van der Waals surface area contributed by atoms with Gasteiger partial charge in [-0.2, -0.15) is 11.8 Å². The van der Waals surface area contributed by atoms with Crippen LogP contribution in [0.25, 0.3) is 0 Å². The molecule has 5 nitrogen and oxygen atoms in total. The molecule has 0 unspecified atom stereocenters. The van der Waals surface area contributed by atoms with Gasteiger partial charge in [0.25, 0.3) is 0 Å². The van der Waals surface area contributed by atoms with E-state index in [0.717, 1.165) is 5.75 Å². The predicted molar refractivity (Wildman–Crippen MR) is 71.4 cm³/mol. The molecular formula is C10H15N3O2S2. The van der Waals surface area contributed by atoms with Crippen molar-refractivity contribution < 1.29 is 8.42 Å². The van der Waals surface area contributed by atoms with Crippen molar-refractivity contribution in [3.8, 4) is 0 Å². The van der Waals surface area contributed by atoms with Crippen LogP contribution in [0.15, 0.2) is 35.9 Å². The Kier molecular flexibility index (Phi) is 5.46. The first-order chi connectivity index (χ1) is 8.08. The normalized spacial score (nSPS) is 11.3. The Morgan fingerprint density at radius 1 is 1.59 bits per heavy atom. The lowest BCUT2D eigenvalue weighted by atomic mass is 10.5. The summed E-state index contributed by atoms with van der Waals surface area (Å²) in [5, 5.41) is 0. The molecule has 1 rings (SSSR count). The Balaban J connectivity index is 2.58. The highest BCUT2D eigenvalue weighted by molar-refractivity contribution is 7.99. The second-order valence-corrected chi connectivity index (χ2v) is 6.03. The number of nitrogens with two attached hydrogens (primary N) is 1. The number of aromatic nitrogens is 1. The fraction of sp³-hybridized carbons (Fsp3) is 0.300. The number of thioether (sulfide) groups is 1. The average Bonchev–Trinajstić information content (AvgIpc) is 2.29. The average molecular weight is 273 g/mol. The van der Waals surface area contributed by atoms with Crippen molar-refractivity contribution >= 4 is 27.6 Å². The molecule has 0 saturated heterocycles. The van der Waals surface area contributed by atoms with Crippen LogP contribution in [0.4, 0.5) is 5.82 Å². The summed E-state index contributed by atoms with van der Waals surface area (Å²) in [7, 11) is -3.55. The summed E-state index contributed by atoms with van der Waals surface area (Å²) in [6, 6.07) is 2.97. The highest BCUT2D eigenvalue weighted by Crippen LogP contribution is 2.13. The van der Waals surface area contributed by atoms with Gasteiger partial charge in [-0.1, -0.05) is 6.08 Å². The van der Waals surface area contributed by atoms with E-state index in [1.165, 1.54) is 18.3 Å². The van der Waals surface area contributed by atoms with Crippen LogP contribution in [0, 0.1) is 0 Å². The van der Waals surface area contributed by atoms with E-state index in [9.17, 15) is 8.42 Å². The zero-order valence-electron chi connectivity index (χ0n) is 9.30. The first-order valence-electron chi connectivity index (χ1n) is 4.96. The standard InChI is InChI=1S/C10H15N3O2S2/c1-2-7-16-8-6-13-17(14,15)9-4-3-5-12-10(9)11/h2-5,13H,1,6-8H2,(H2,11,12). The number of rotatable bonds is 7. The number of sulfonamides is 1. The first kappa shape index (κ1) is 14.0. The van der Waals surface area contributed by atoms with Crippen LogP contribution in [-0.2, 0) is 10.0 Å². The fourth-order valence-electron chi connectivity index (χ4n) is 1.12. The van der Waals surface area contributed by atoms with E-state index >= 15 is 0 Å². The Morgan fingerprint density at radius 3 is 3.00 bits per heavy atom. The van der Waals surface area contributed by atoms with Crippen molar-refractivity contribution in [2.24, 2.45) is 0 Å². The van der Waals surface area contributed by atoms with Crippen molar-refractivity contribution in [1.82, 2.24) is 9.71 Å². The SMILES string of the molecule is C=CCSCCNS(=O)(=O)c1cccnc1N. The largest absolute Gasteiger partial charge is 0.383 e. The molecule has 94 valence electrons. The van der Waals surface area contributed by atoms with Crippen molar-refractivity contribution in [3.63, 3.8) is 0 Å². The zero-order valence-corrected chi connectivity index (χ0v) is 10.9. The van der Waals surface area contributed by atoms with Gasteiger partial charge in [0.15, 0.2) is 0 Å². The number of nitrogens with one attached hydrogen (secondary N) is 1. The summed E-state index contributed by atoms with van der Waals surface area (Å²) >= 11 is 1.60. The van der Waals surface area contributed by atoms with Gasteiger partial charge in [-0.25, -0.2) is 18.1 Å². The molecule has 0 fully saturated rings. The summed E-state index contributed by atoms with van der Waals surface area (Å²) < 4.78 is 26.1. The van der Waals surface area contributed by atoms with Gasteiger partial charge in [0.1, 0.15) is 10.7 Å². The van der Waals surface area contributed by atoms with Gasteiger partial charge in [-0.05, 0) is 12.1 Å². The van der Waals surface area contributed by atoms with Crippen molar-refractivity contribution in [2.45, 2.75) is 4.90 Å². The highest BCUT2D eigenvalue weighted by Gasteiger charge is 2.16. The van der Waals surface area contributed by atoms with Gasteiger partial charge < -0.3 is 5.73 Å². The van der Waals surface area contributed by atoms with Crippen LogP contribution in [-0.4, -0.2) is 31.5 Å². The molecule has 0 aromatic carbocycles. The molecule has 17 heavy (non-hydrogen) atoms. The highest BCUT2D eigenvalue weighted by atomic mass is 32.2. The minimum absolute atomic E-state index is 0.0127. The van der Waals surface area contributed by atoms with Crippen molar-refractivity contribution in [3.05, 3.63) is 31.0 Å². The molecule has 1 aromatic heterocycles. The zero-order chi connectivity index (χ0) is 12.7. The third-order valence-electron chi connectivity index (χ3n) is 1.86. The van der Waals surface area contributed by atoms with Gasteiger partial charge >= 0.3 is 0 Å². The summed E-state index contributed by atoms with van der Waals surface area (Å²) in [4.78, 5) is 3.77. The van der Waals surface area contributed by atoms with Crippen LogP contribution in [0.5, 0.6) is 0 Å². The molecule has 0 spiro atoms. The molecule has 0 amide bonds. The monoisotopic (exact) mass is 273 g/mol. The lowest BCUT2D eigenvalue weighted by Crippen LogP contribution is -2.27. The third-order valence-corrected chi connectivity index (χ3v) is 4.34. The van der Waals surface area contributed by atoms with Crippen LogP contribution in [0.2, 0.25) is 0 Å². The molecule has 0 aliphatic rings. The molecule has 3 N–H and O–H groups in total. The Labute approximate surface area is 106 Å². The van der Waals surface area contributed by atoms with E-state index in [4.69, 9.17) is 5.73 Å². The summed E-state index contributed by atoms with van der Waals surface area (Å²) in [5.74, 6) is 1.50. The van der Waals surface area contributed by atoms with Crippen molar-refractivity contribution in [1.29, 1.82) is 0 Å². The molecule has 1 heterocycles. The Hall–Kier alpha value is -1.05. The van der Waals surface area contributed by atoms with E-state index < -0.39 is 10.0 Å². The second kappa shape index (κ2) is 6.63. The van der Waals surface area contributed by atoms with E-state index in [0.29, 0.717) is 12.3 Å². The third kappa shape index (κ3) is 4.37. The predicted octanol–water partition coefficient (Wildman–Crippen LogP) is 0.861. The minimum Gasteiger partial charge on any atom is -0.383 e. The van der Waals surface area contributed by atoms with E-state index in [1.807, 2.05) is 0 Å². The second-order valence-electron chi connectivity index (χ2n) is 3.15. The lowest BCUT2D eigenvalue weighted by Gasteiger charge is -2.07. The van der Waals surface area contributed by atoms with Gasteiger partial charge in [-0.3, -0.25) is 0 Å². The van der Waals surface area contributed by atoms with E-state index in [1.54, 1.807) is 17.8 Å². The number of anilines is 1. The Bertz CT molecular complexity index is 474. The van der Waals surface area contributed by atoms with Crippen molar-refractivity contribution in [2.75, 3.05) is 23.8 Å². The maximum Gasteiger partial charge on any atom is 0.244 e. The first-order valence-corrected chi connectivity index (χ1v) is 7.60. The molecular weight excluding hydrogens is 258 g/mol. The smallest absolute Gasteiger partial charge is 0.244 e. The van der Waals surface area contributed by atoms with E-state index in [2.05, 4.69) is 16.3 Å². The van der Waals surface area contributed by atoms with Gasteiger partial charge in [0, 0.05) is 24.2 Å².